The molecule has 0 N–H and O–H groups in total. The van der Waals surface area contributed by atoms with Crippen molar-refractivity contribution >= 4 is 10.9 Å². The molecule has 4 heteroatoms. The second-order valence-corrected chi connectivity index (χ2v) is 7.12. The van der Waals surface area contributed by atoms with E-state index in [2.05, 4.69) is 11.9 Å². The molecule has 2 aliphatic rings. The average molecular weight is 303 g/mol. The fourth-order valence-electron chi connectivity index (χ4n) is 3.87. The van der Waals surface area contributed by atoms with E-state index in [1.165, 1.54) is 6.42 Å². The zero-order chi connectivity index (χ0) is 15.6. The van der Waals surface area contributed by atoms with Gasteiger partial charge in [0.2, 0.25) is 0 Å². The van der Waals surface area contributed by atoms with Crippen molar-refractivity contribution in [1.29, 1.82) is 0 Å². The van der Waals surface area contributed by atoms with E-state index in [0.29, 0.717) is 16.7 Å². The first-order valence-electron chi connectivity index (χ1n) is 8.09. The quantitative estimate of drug-likeness (QED) is 0.694. The lowest BCUT2D eigenvalue weighted by Crippen LogP contribution is -2.31. The van der Waals surface area contributed by atoms with Gasteiger partial charge in [0, 0.05) is 24.7 Å². The van der Waals surface area contributed by atoms with E-state index in [4.69, 9.17) is 4.98 Å². The number of hydrogen-bond acceptors (Lipinski definition) is 3. The minimum Gasteiger partial charge on any atom is -0.296 e. The van der Waals surface area contributed by atoms with Gasteiger partial charge in [0.05, 0.1) is 16.6 Å². The van der Waals surface area contributed by atoms with Crippen LogP contribution in [0, 0.1) is 11.3 Å². The molecule has 114 valence electrons. The number of hydrogen-bond donors (Lipinski definition) is 0. The Morgan fingerprint density at radius 1 is 1.26 bits per heavy atom. The molecule has 0 saturated heterocycles. The highest BCUT2D eigenvalue weighted by atomic mass is 16.1. The first-order valence-corrected chi connectivity index (χ1v) is 8.09. The Morgan fingerprint density at radius 3 is 3.00 bits per heavy atom. The molecular weight excluding hydrogens is 286 g/mol. The van der Waals surface area contributed by atoms with Crippen molar-refractivity contribution in [3.63, 3.8) is 0 Å². The first-order chi connectivity index (χ1) is 11.1. The standard InChI is InChI=1S/C19H17N3O/c1-19-9-13(19)11-22-17(10-19)21-16-8-12(5-6-14(16)18(22)23)15-4-2-3-7-20-15/h2-8,13H,9-11H2,1H3. The molecule has 1 aliphatic heterocycles. The van der Waals surface area contributed by atoms with Crippen LogP contribution in [0.4, 0.5) is 0 Å². The van der Waals surface area contributed by atoms with Crippen LogP contribution in [0.1, 0.15) is 19.2 Å². The third-order valence-corrected chi connectivity index (χ3v) is 5.50. The maximum absolute atomic E-state index is 12.8. The Bertz CT molecular complexity index is 993. The van der Waals surface area contributed by atoms with Crippen molar-refractivity contribution < 1.29 is 0 Å². The molecule has 23 heavy (non-hydrogen) atoms. The highest BCUT2D eigenvalue weighted by Crippen LogP contribution is 2.57. The molecule has 0 spiro atoms. The largest absolute Gasteiger partial charge is 0.296 e. The summed E-state index contributed by atoms with van der Waals surface area (Å²) in [5.41, 5.74) is 3.16. The summed E-state index contributed by atoms with van der Waals surface area (Å²) in [7, 11) is 0. The zero-order valence-electron chi connectivity index (χ0n) is 13.0. The Hall–Kier alpha value is -2.49. The molecule has 3 aromatic rings. The summed E-state index contributed by atoms with van der Waals surface area (Å²) in [6.45, 7) is 3.14. The minimum absolute atomic E-state index is 0.103. The lowest BCUT2D eigenvalue weighted by Gasteiger charge is -2.22. The van der Waals surface area contributed by atoms with Gasteiger partial charge in [-0.1, -0.05) is 19.1 Å². The van der Waals surface area contributed by atoms with Gasteiger partial charge in [-0.15, -0.1) is 0 Å². The number of aromatic nitrogens is 3. The molecule has 1 aromatic carbocycles. The first kappa shape index (κ1) is 13.0. The maximum atomic E-state index is 12.8. The second kappa shape index (κ2) is 4.28. The number of fused-ring (bicyclic) bond motifs is 3. The summed E-state index contributed by atoms with van der Waals surface area (Å²) >= 11 is 0. The smallest absolute Gasteiger partial charge is 0.261 e. The Morgan fingerprint density at radius 2 is 2.17 bits per heavy atom. The summed E-state index contributed by atoms with van der Waals surface area (Å²) < 4.78 is 1.89. The van der Waals surface area contributed by atoms with Crippen molar-refractivity contribution in [1.82, 2.24) is 14.5 Å². The molecule has 1 aliphatic carbocycles. The number of nitrogens with zero attached hydrogens (tertiary/aromatic N) is 3. The van der Waals surface area contributed by atoms with E-state index >= 15 is 0 Å². The van der Waals surface area contributed by atoms with Crippen molar-refractivity contribution in [2.75, 3.05) is 0 Å². The fourth-order valence-corrected chi connectivity index (χ4v) is 3.87. The van der Waals surface area contributed by atoms with Crippen LogP contribution in [-0.4, -0.2) is 14.5 Å². The maximum Gasteiger partial charge on any atom is 0.261 e. The predicted molar refractivity (Wildman–Crippen MR) is 89.2 cm³/mol. The van der Waals surface area contributed by atoms with E-state index < -0.39 is 0 Å². The molecule has 3 heterocycles. The molecule has 2 aromatic heterocycles. The van der Waals surface area contributed by atoms with Gasteiger partial charge in [0.1, 0.15) is 5.82 Å². The summed E-state index contributed by atoms with van der Waals surface area (Å²) in [6, 6.07) is 11.7. The van der Waals surface area contributed by atoms with Gasteiger partial charge in [-0.2, -0.15) is 0 Å². The van der Waals surface area contributed by atoms with Gasteiger partial charge in [0.15, 0.2) is 0 Å². The molecule has 0 bridgehead atoms. The van der Waals surface area contributed by atoms with Crippen molar-refractivity contribution in [2.24, 2.45) is 11.3 Å². The van der Waals surface area contributed by atoms with Crippen molar-refractivity contribution in [3.8, 4) is 11.3 Å². The second-order valence-electron chi connectivity index (χ2n) is 7.12. The highest BCUT2D eigenvalue weighted by molar-refractivity contribution is 5.83. The van der Waals surface area contributed by atoms with Gasteiger partial charge in [-0.3, -0.25) is 14.3 Å². The van der Waals surface area contributed by atoms with Crippen molar-refractivity contribution in [2.45, 2.75) is 26.3 Å². The molecule has 0 radical (unpaired) electrons. The molecule has 2 unspecified atom stereocenters. The predicted octanol–water partition coefficient (Wildman–Crippen LogP) is 3.04. The normalized spacial score (nSPS) is 25.0. The van der Waals surface area contributed by atoms with Crippen LogP contribution >= 0.6 is 0 Å². The van der Waals surface area contributed by atoms with Crippen LogP contribution in [0.15, 0.2) is 47.4 Å². The van der Waals surface area contributed by atoms with E-state index in [1.54, 1.807) is 6.20 Å². The topological polar surface area (TPSA) is 47.8 Å². The Labute approximate surface area is 133 Å². The summed E-state index contributed by atoms with van der Waals surface area (Å²) in [5, 5.41) is 0.706. The van der Waals surface area contributed by atoms with Crippen LogP contribution < -0.4 is 5.56 Å². The van der Waals surface area contributed by atoms with Crippen molar-refractivity contribution in [3.05, 3.63) is 58.8 Å². The fraction of sp³-hybridized carbons (Fsp3) is 0.316. The third-order valence-electron chi connectivity index (χ3n) is 5.50. The number of rotatable bonds is 1. The lowest BCUT2D eigenvalue weighted by atomic mass is 9.98. The summed E-state index contributed by atoms with van der Waals surface area (Å²) in [6.07, 6.45) is 3.91. The van der Waals surface area contributed by atoms with Gasteiger partial charge < -0.3 is 0 Å². The molecule has 5 rings (SSSR count). The Balaban J connectivity index is 1.71. The molecule has 2 atom stereocenters. The molecule has 0 amide bonds. The van der Waals surface area contributed by atoms with Crippen LogP contribution in [0.25, 0.3) is 22.2 Å². The molecule has 1 saturated carbocycles. The van der Waals surface area contributed by atoms with Gasteiger partial charge in [-0.25, -0.2) is 4.98 Å². The molecular formula is C19H17N3O. The van der Waals surface area contributed by atoms with Gasteiger partial charge >= 0.3 is 0 Å². The average Bonchev–Trinajstić information content (AvgIpc) is 3.23. The molecule has 1 fully saturated rings. The molecule has 4 nitrogen and oxygen atoms in total. The number of pyridine rings is 1. The van der Waals surface area contributed by atoms with Crippen LogP contribution in [0.2, 0.25) is 0 Å². The zero-order valence-corrected chi connectivity index (χ0v) is 13.0. The summed E-state index contributed by atoms with van der Waals surface area (Å²) in [4.78, 5) is 22.0. The van der Waals surface area contributed by atoms with E-state index in [1.807, 2.05) is 41.0 Å². The lowest BCUT2D eigenvalue weighted by molar-refractivity contribution is 0.381. The van der Waals surface area contributed by atoms with Crippen LogP contribution in [-0.2, 0) is 13.0 Å². The van der Waals surface area contributed by atoms with Crippen LogP contribution in [0.5, 0.6) is 0 Å². The monoisotopic (exact) mass is 303 g/mol. The third kappa shape index (κ3) is 1.87. The Kier molecular flexibility index (Phi) is 2.42. The van der Waals surface area contributed by atoms with E-state index in [0.717, 1.165) is 35.6 Å². The van der Waals surface area contributed by atoms with E-state index in [9.17, 15) is 4.79 Å². The minimum atomic E-state index is 0.103. The van der Waals surface area contributed by atoms with Crippen LogP contribution in [0.3, 0.4) is 0 Å². The summed E-state index contributed by atoms with van der Waals surface area (Å²) in [5.74, 6) is 1.59. The number of benzene rings is 1. The van der Waals surface area contributed by atoms with Gasteiger partial charge in [0.25, 0.3) is 5.56 Å². The highest BCUT2D eigenvalue weighted by Gasteiger charge is 2.53. The van der Waals surface area contributed by atoms with Gasteiger partial charge in [-0.05, 0) is 42.0 Å². The SMILES string of the molecule is CC12Cc3nc4cc(-c5ccccn5)ccc4c(=O)n3CC1C2. The van der Waals surface area contributed by atoms with E-state index in [-0.39, 0.29) is 5.56 Å².